The van der Waals surface area contributed by atoms with Crippen LogP contribution >= 0.6 is 0 Å². The average molecular weight is 414 g/mol. The molecule has 5 nitrogen and oxygen atoms in total. The molecule has 4 aromatic rings. The van der Waals surface area contributed by atoms with Crippen molar-refractivity contribution in [3.8, 4) is 17.1 Å². The molecule has 0 unspecified atom stereocenters. The molecule has 1 heterocycles. The fourth-order valence-corrected chi connectivity index (χ4v) is 3.52. The summed E-state index contributed by atoms with van der Waals surface area (Å²) in [5, 5.41) is 10.1. The highest BCUT2D eigenvalue weighted by atomic mass is 16.5. The number of hydrogen-bond donors (Lipinski definition) is 1. The molecule has 0 bridgehead atoms. The van der Waals surface area contributed by atoms with E-state index in [1.165, 1.54) is 6.07 Å². The van der Waals surface area contributed by atoms with Gasteiger partial charge in [-0.05, 0) is 49.1 Å². The third kappa shape index (κ3) is 4.67. The number of carboxylic acids is 1. The van der Waals surface area contributed by atoms with E-state index < -0.39 is 12.1 Å². The molecule has 156 valence electrons. The Bertz CT molecular complexity index is 1270. The number of carbonyl (C=O) groups is 1. The molecule has 0 amide bonds. The van der Waals surface area contributed by atoms with Gasteiger partial charge < -0.3 is 14.3 Å². The van der Waals surface area contributed by atoms with Gasteiger partial charge in [0.05, 0.1) is 5.39 Å². The summed E-state index contributed by atoms with van der Waals surface area (Å²) < 4.78 is 11.8. The maximum Gasteiger partial charge on any atom is 0.344 e. The van der Waals surface area contributed by atoms with Crippen LogP contribution in [0.15, 0.2) is 88.1 Å². The summed E-state index contributed by atoms with van der Waals surface area (Å²) in [5.41, 5.74) is 2.99. The van der Waals surface area contributed by atoms with Crippen LogP contribution in [-0.4, -0.2) is 17.2 Å². The molecule has 0 spiro atoms. The van der Waals surface area contributed by atoms with Crippen LogP contribution in [0.3, 0.4) is 0 Å². The SMILES string of the molecule is Cc1cccc2c(=O)cc(-c3cccc(O[C@@H](CCc4ccccc4)C(=O)O)c3)oc12. The Balaban J connectivity index is 1.59. The lowest BCUT2D eigenvalue weighted by Crippen LogP contribution is -2.27. The fraction of sp³-hybridized carbons (Fsp3) is 0.154. The van der Waals surface area contributed by atoms with Crippen molar-refractivity contribution in [2.45, 2.75) is 25.9 Å². The second-order valence-corrected chi connectivity index (χ2v) is 7.42. The van der Waals surface area contributed by atoms with Crippen molar-refractivity contribution in [2.24, 2.45) is 0 Å². The van der Waals surface area contributed by atoms with Crippen molar-refractivity contribution in [1.82, 2.24) is 0 Å². The molecule has 3 aromatic carbocycles. The van der Waals surface area contributed by atoms with E-state index in [2.05, 4.69) is 0 Å². The van der Waals surface area contributed by atoms with E-state index >= 15 is 0 Å². The predicted octanol–water partition coefficient (Wildman–Crippen LogP) is 5.23. The van der Waals surface area contributed by atoms with Gasteiger partial charge in [-0.2, -0.15) is 0 Å². The molecule has 1 N–H and O–H groups in total. The van der Waals surface area contributed by atoms with Crippen LogP contribution in [-0.2, 0) is 11.2 Å². The molecule has 1 aromatic heterocycles. The Hall–Kier alpha value is -3.86. The zero-order chi connectivity index (χ0) is 21.8. The standard InChI is InChI=1S/C26H22O5/c1-17-7-5-12-21-22(27)16-24(31-25(17)21)19-10-6-11-20(15-19)30-23(26(28)29)14-13-18-8-3-2-4-9-18/h2-12,15-16,23H,13-14H2,1H3,(H,28,29)/t23-/m0/s1. The van der Waals surface area contributed by atoms with Gasteiger partial charge in [-0.15, -0.1) is 0 Å². The van der Waals surface area contributed by atoms with Crippen LogP contribution in [0.1, 0.15) is 17.5 Å². The Kier molecular flexibility index (Phi) is 5.85. The molecule has 0 saturated carbocycles. The monoisotopic (exact) mass is 414 g/mol. The summed E-state index contributed by atoms with van der Waals surface area (Å²) >= 11 is 0. The fourth-order valence-electron chi connectivity index (χ4n) is 3.52. The highest BCUT2D eigenvalue weighted by Crippen LogP contribution is 2.27. The lowest BCUT2D eigenvalue weighted by atomic mass is 10.1. The second kappa shape index (κ2) is 8.88. The van der Waals surface area contributed by atoms with Crippen molar-refractivity contribution >= 4 is 16.9 Å². The van der Waals surface area contributed by atoms with E-state index in [-0.39, 0.29) is 5.43 Å². The van der Waals surface area contributed by atoms with E-state index in [0.29, 0.717) is 40.9 Å². The van der Waals surface area contributed by atoms with Gasteiger partial charge in [0, 0.05) is 11.6 Å². The van der Waals surface area contributed by atoms with E-state index in [9.17, 15) is 14.7 Å². The molecule has 5 heteroatoms. The highest BCUT2D eigenvalue weighted by Gasteiger charge is 2.20. The summed E-state index contributed by atoms with van der Waals surface area (Å²) in [7, 11) is 0. The lowest BCUT2D eigenvalue weighted by Gasteiger charge is -2.16. The van der Waals surface area contributed by atoms with E-state index in [1.54, 1.807) is 30.3 Å². The van der Waals surface area contributed by atoms with Gasteiger partial charge in [-0.3, -0.25) is 4.79 Å². The number of carboxylic acid groups (broad SMARTS) is 1. The minimum atomic E-state index is -1.02. The van der Waals surface area contributed by atoms with Gasteiger partial charge in [-0.25, -0.2) is 4.79 Å². The predicted molar refractivity (Wildman–Crippen MR) is 119 cm³/mol. The number of rotatable bonds is 7. The molecular formula is C26H22O5. The first kappa shape index (κ1) is 20.4. The second-order valence-electron chi connectivity index (χ2n) is 7.42. The Labute approximate surface area is 179 Å². The van der Waals surface area contributed by atoms with Crippen molar-refractivity contribution in [2.75, 3.05) is 0 Å². The van der Waals surface area contributed by atoms with Crippen LogP contribution in [0.25, 0.3) is 22.3 Å². The Morgan fingerprint density at radius 3 is 2.55 bits per heavy atom. The lowest BCUT2D eigenvalue weighted by molar-refractivity contribution is -0.145. The van der Waals surface area contributed by atoms with Gasteiger partial charge in [0.1, 0.15) is 17.1 Å². The topological polar surface area (TPSA) is 76.7 Å². The van der Waals surface area contributed by atoms with Gasteiger partial charge in [0.15, 0.2) is 11.5 Å². The maximum atomic E-state index is 12.5. The normalized spacial score (nSPS) is 11.9. The van der Waals surface area contributed by atoms with Crippen LogP contribution in [0.5, 0.6) is 5.75 Å². The van der Waals surface area contributed by atoms with E-state index in [4.69, 9.17) is 9.15 Å². The molecule has 0 fully saturated rings. The summed E-state index contributed by atoms with van der Waals surface area (Å²) in [6, 6.07) is 23.5. The third-order valence-corrected chi connectivity index (χ3v) is 5.16. The molecule has 0 aliphatic rings. The summed E-state index contributed by atoms with van der Waals surface area (Å²) in [5.74, 6) is -0.201. The summed E-state index contributed by atoms with van der Waals surface area (Å²) in [6.45, 7) is 1.89. The number of fused-ring (bicyclic) bond motifs is 1. The molecule has 4 rings (SSSR count). The van der Waals surface area contributed by atoms with Gasteiger partial charge >= 0.3 is 5.97 Å². The first-order valence-corrected chi connectivity index (χ1v) is 10.1. The zero-order valence-corrected chi connectivity index (χ0v) is 17.1. The van der Waals surface area contributed by atoms with E-state index in [0.717, 1.165) is 11.1 Å². The summed E-state index contributed by atoms with van der Waals surface area (Å²) in [4.78, 5) is 24.3. The first-order chi connectivity index (χ1) is 15.0. The van der Waals surface area contributed by atoms with Crippen LogP contribution in [0.4, 0.5) is 0 Å². The first-order valence-electron chi connectivity index (χ1n) is 10.1. The van der Waals surface area contributed by atoms with Crippen LogP contribution in [0.2, 0.25) is 0 Å². The zero-order valence-electron chi connectivity index (χ0n) is 17.1. The average Bonchev–Trinajstić information content (AvgIpc) is 2.78. The molecule has 1 atom stereocenters. The maximum absolute atomic E-state index is 12.5. The largest absolute Gasteiger partial charge is 0.479 e. The number of ether oxygens (including phenoxy) is 1. The van der Waals surface area contributed by atoms with Crippen LogP contribution in [0, 0.1) is 6.92 Å². The van der Waals surface area contributed by atoms with E-state index in [1.807, 2.05) is 49.4 Å². The molecule has 31 heavy (non-hydrogen) atoms. The number of aliphatic carboxylic acids is 1. The van der Waals surface area contributed by atoms with Crippen LogP contribution < -0.4 is 10.2 Å². The Morgan fingerprint density at radius 1 is 1.00 bits per heavy atom. The minimum absolute atomic E-state index is 0.127. The van der Waals surface area contributed by atoms with Crippen molar-refractivity contribution in [3.05, 3.63) is 100 Å². The van der Waals surface area contributed by atoms with Gasteiger partial charge in [0.2, 0.25) is 0 Å². The quantitative estimate of drug-likeness (QED) is 0.448. The van der Waals surface area contributed by atoms with Crippen molar-refractivity contribution in [1.29, 1.82) is 0 Å². The Morgan fingerprint density at radius 2 is 1.77 bits per heavy atom. The van der Waals surface area contributed by atoms with Gasteiger partial charge in [0.25, 0.3) is 0 Å². The molecule has 0 aliphatic heterocycles. The smallest absolute Gasteiger partial charge is 0.344 e. The highest BCUT2D eigenvalue weighted by molar-refractivity contribution is 5.81. The number of hydrogen-bond acceptors (Lipinski definition) is 4. The molecular weight excluding hydrogens is 392 g/mol. The van der Waals surface area contributed by atoms with Crippen molar-refractivity contribution in [3.63, 3.8) is 0 Å². The number of benzene rings is 3. The molecule has 0 radical (unpaired) electrons. The molecule has 0 aliphatic carbocycles. The third-order valence-electron chi connectivity index (χ3n) is 5.16. The number of para-hydroxylation sites is 1. The minimum Gasteiger partial charge on any atom is -0.479 e. The molecule has 0 saturated heterocycles. The van der Waals surface area contributed by atoms with Crippen molar-refractivity contribution < 1.29 is 19.1 Å². The number of aryl methyl sites for hydroxylation is 2. The summed E-state index contributed by atoms with van der Waals surface area (Å²) in [6.07, 6.45) is -0.0502. The van der Waals surface area contributed by atoms with Gasteiger partial charge in [-0.1, -0.05) is 54.6 Å².